The van der Waals surface area contributed by atoms with E-state index in [0.717, 1.165) is 38.9 Å². The van der Waals surface area contributed by atoms with E-state index in [1.165, 1.54) is 0 Å². The predicted molar refractivity (Wildman–Crippen MR) is 112 cm³/mol. The van der Waals surface area contributed by atoms with Crippen LogP contribution in [-0.2, 0) is 37.9 Å². The monoisotopic (exact) mass is 424 g/mol. The minimum atomic E-state index is 0.240. The minimum absolute atomic E-state index is 0.240. The van der Waals surface area contributed by atoms with Crippen molar-refractivity contribution in [3.8, 4) is 0 Å². The summed E-state index contributed by atoms with van der Waals surface area (Å²) >= 11 is 0. The zero-order chi connectivity index (χ0) is 21.1. The van der Waals surface area contributed by atoms with Gasteiger partial charge in [0.1, 0.15) is 6.79 Å². The third-order valence-corrected chi connectivity index (χ3v) is 3.68. The Morgan fingerprint density at radius 3 is 0.828 bits per heavy atom. The van der Waals surface area contributed by atoms with Gasteiger partial charge in [0.05, 0.1) is 79.3 Å². The molecule has 0 N–H and O–H groups in total. The molecule has 0 heterocycles. The summed E-state index contributed by atoms with van der Waals surface area (Å²) < 4.78 is 43.0. The lowest BCUT2D eigenvalue weighted by Gasteiger charge is -2.08. The molecular weight excluding hydrogens is 380 g/mol. The Bertz CT molecular complexity index is 255. The summed E-state index contributed by atoms with van der Waals surface area (Å²) in [4.78, 5) is 0. The van der Waals surface area contributed by atoms with Gasteiger partial charge in [0.15, 0.2) is 0 Å². The van der Waals surface area contributed by atoms with Crippen molar-refractivity contribution < 1.29 is 37.9 Å². The van der Waals surface area contributed by atoms with E-state index in [-0.39, 0.29) is 6.79 Å². The van der Waals surface area contributed by atoms with Gasteiger partial charge >= 0.3 is 0 Å². The van der Waals surface area contributed by atoms with E-state index in [4.69, 9.17) is 37.9 Å². The van der Waals surface area contributed by atoms with Gasteiger partial charge in [0.25, 0.3) is 0 Å². The SMILES string of the molecule is CCCCOCCOCCOCCOCOCCOCCOCCOCCCC. The fourth-order valence-electron chi connectivity index (χ4n) is 1.99. The van der Waals surface area contributed by atoms with Gasteiger partial charge in [-0.25, -0.2) is 0 Å². The molecule has 0 spiro atoms. The standard InChI is InChI=1S/C21H44O8/c1-3-5-7-22-9-11-24-13-15-26-17-19-28-21-29-20-18-27-16-14-25-12-10-23-8-6-4-2/h3-21H2,1-2H3. The van der Waals surface area contributed by atoms with Gasteiger partial charge in [-0.3, -0.25) is 0 Å². The number of hydrogen-bond donors (Lipinski definition) is 0. The van der Waals surface area contributed by atoms with Gasteiger partial charge in [-0.1, -0.05) is 26.7 Å². The number of unbranched alkanes of at least 4 members (excludes halogenated alkanes) is 2. The Balaban J connectivity index is 2.97. The molecule has 0 aliphatic heterocycles. The summed E-state index contributed by atoms with van der Waals surface area (Å²) in [5.74, 6) is 0. The Hall–Kier alpha value is -0.320. The van der Waals surface area contributed by atoms with E-state index in [0.29, 0.717) is 79.3 Å². The lowest BCUT2D eigenvalue weighted by atomic mass is 10.4. The van der Waals surface area contributed by atoms with Crippen molar-refractivity contribution in [1.82, 2.24) is 0 Å². The van der Waals surface area contributed by atoms with E-state index in [1.54, 1.807) is 0 Å². The second-order valence-electron chi connectivity index (χ2n) is 6.32. The Morgan fingerprint density at radius 1 is 0.310 bits per heavy atom. The molecule has 0 aromatic carbocycles. The summed E-state index contributed by atoms with van der Waals surface area (Å²) in [7, 11) is 0. The third kappa shape index (κ3) is 27.7. The van der Waals surface area contributed by atoms with Crippen molar-refractivity contribution in [2.45, 2.75) is 39.5 Å². The predicted octanol–water partition coefficient (Wildman–Crippen LogP) is 2.68. The first-order valence-electron chi connectivity index (χ1n) is 11.0. The van der Waals surface area contributed by atoms with Crippen LogP contribution in [0.1, 0.15) is 39.5 Å². The average Bonchev–Trinajstić information content (AvgIpc) is 2.74. The quantitative estimate of drug-likeness (QED) is 0.155. The summed E-state index contributed by atoms with van der Waals surface area (Å²) in [6, 6.07) is 0. The summed E-state index contributed by atoms with van der Waals surface area (Å²) in [5, 5.41) is 0. The van der Waals surface area contributed by atoms with Crippen LogP contribution in [0.25, 0.3) is 0 Å². The van der Waals surface area contributed by atoms with Gasteiger partial charge < -0.3 is 37.9 Å². The Kier molecular flexibility index (Phi) is 27.4. The highest BCUT2D eigenvalue weighted by atomic mass is 16.7. The first-order chi connectivity index (χ1) is 14.4. The topological polar surface area (TPSA) is 73.8 Å². The molecule has 8 nitrogen and oxygen atoms in total. The molecule has 0 aromatic heterocycles. The second kappa shape index (κ2) is 27.7. The van der Waals surface area contributed by atoms with Crippen molar-refractivity contribution >= 4 is 0 Å². The third-order valence-electron chi connectivity index (χ3n) is 3.68. The van der Waals surface area contributed by atoms with Crippen LogP contribution in [0.15, 0.2) is 0 Å². The fourth-order valence-corrected chi connectivity index (χ4v) is 1.99. The highest BCUT2D eigenvalue weighted by Crippen LogP contribution is 1.89. The summed E-state index contributed by atoms with van der Waals surface area (Å²) in [6.07, 6.45) is 4.51. The zero-order valence-corrected chi connectivity index (χ0v) is 18.7. The van der Waals surface area contributed by atoms with Crippen LogP contribution in [0.4, 0.5) is 0 Å². The van der Waals surface area contributed by atoms with E-state index >= 15 is 0 Å². The molecule has 0 aromatic rings. The lowest BCUT2D eigenvalue weighted by Crippen LogP contribution is -2.14. The van der Waals surface area contributed by atoms with Gasteiger partial charge in [-0.2, -0.15) is 0 Å². The highest BCUT2D eigenvalue weighted by Gasteiger charge is 1.94. The first kappa shape index (κ1) is 28.7. The fraction of sp³-hybridized carbons (Fsp3) is 1.00. The Labute approximate surface area is 177 Å². The zero-order valence-electron chi connectivity index (χ0n) is 18.7. The van der Waals surface area contributed by atoms with Crippen molar-refractivity contribution in [3.05, 3.63) is 0 Å². The van der Waals surface area contributed by atoms with Crippen molar-refractivity contribution in [2.75, 3.05) is 99.3 Å². The first-order valence-corrected chi connectivity index (χ1v) is 11.0. The average molecular weight is 425 g/mol. The maximum atomic E-state index is 5.40. The van der Waals surface area contributed by atoms with E-state index in [1.807, 2.05) is 0 Å². The molecule has 0 saturated heterocycles. The maximum absolute atomic E-state index is 5.40. The molecule has 0 aliphatic carbocycles. The van der Waals surface area contributed by atoms with E-state index < -0.39 is 0 Å². The molecule has 29 heavy (non-hydrogen) atoms. The van der Waals surface area contributed by atoms with Crippen LogP contribution < -0.4 is 0 Å². The Morgan fingerprint density at radius 2 is 0.552 bits per heavy atom. The van der Waals surface area contributed by atoms with E-state index in [2.05, 4.69) is 13.8 Å². The molecule has 0 fully saturated rings. The highest BCUT2D eigenvalue weighted by molar-refractivity contribution is 4.37. The van der Waals surface area contributed by atoms with Crippen LogP contribution in [0.2, 0.25) is 0 Å². The second-order valence-corrected chi connectivity index (χ2v) is 6.32. The van der Waals surface area contributed by atoms with Gasteiger partial charge in [-0.15, -0.1) is 0 Å². The molecule has 0 amide bonds. The lowest BCUT2D eigenvalue weighted by molar-refractivity contribution is -0.0863. The van der Waals surface area contributed by atoms with Gasteiger partial charge in [0, 0.05) is 13.2 Å². The molecule has 8 heteroatoms. The molecule has 0 aliphatic rings. The van der Waals surface area contributed by atoms with Crippen LogP contribution in [-0.4, -0.2) is 99.3 Å². The minimum Gasteiger partial charge on any atom is -0.379 e. The maximum Gasteiger partial charge on any atom is 0.146 e. The summed E-state index contributed by atoms with van der Waals surface area (Å²) in [5.41, 5.74) is 0. The molecule has 176 valence electrons. The van der Waals surface area contributed by atoms with Gasteiger partial charge in [0.2, 0.25) is 0 Å². The molecular formula is C21H44O8. The molecule has 0 rings (SSSR count). The van der Waals surface area contributed by atoms with Crippen LogP contribution >= 0.6 is 0 Å². The number of rotatable bonds is 26. The number of ether oxygens (including phenoxy) is 8. The number of hydrogen-bond acceptors (Lipinski definition) is 8. The van der Waals surface area contributed by atoms with Gasteiger partial charge in [-0.05, 0) is 12.8 Å². The molecule has 0 radical (unpaired) electrons. The largest absolute Gasteiger partial charge is 0.379 e. The molecule has 0 atom stereocenters. The normalized spacial score (nSPS) is 11.4. The van der Waals surface area contributed by atoms with Crippen molar-refractivity contribution in [2.24, 2.45) is 0 Å². The smallest absolute Gasteiger partial charge is 0.146 e. The van der Waals surface area contributed by atoms with Crippen LogP contribution in [0.3, 0.4) is 0 Å². The molecule has 0 saturated carbocycles. The summed E-state index contributed by atoms with van der Waals surface area (Å²) in [6.45, 7) is 13.0. The van der Waals surface area contributed by atoms with Crippen LogP contribution in [0.5, 0.6) is 0 Å². The van der Waals surface area contributed by atoms with Crippen molar-refractivity contribution in [1.29, 1.82) is 0 Å². The van der Waals surface area contributed by atoms with Crippen LogP contribution in [0, 0.1) is 0 Å². The van der Waals surface area contributed by atoms with Crippen molar-refractivity contribution in [3.63, 3.8) is 0 Å². The molecule has 0 unspecified atom stereocenters. The van der Waals surface area contributed by atoms with E-state index in [9.17, 15) is 0 Å². The molecule has 0 bridgehead atoms.